The van der Waals surface area contributed by atoms with Crippen molar-refractivity contribution in [3.63, 3.8) is 0 Å². The van der Waals surface area contributed by atoms with Gasteiger partial charge in [0.25, 0.3) is 11.8 Å². The number of imide groups is 1. The van der Waals surface area contributed by atoms with Gasteiger partial charge in [-0.3, -0.25) is 9.59 Å². The van der Waals surface area contributed by atoms with Crippen molar-refractivity contribution in [2.75, 3.05) is 16.8 Å². The van der Waals surface area contributed by atoms with Crippen LogP contribution in [0.5, 0.6) is 0 Å². The first kappa shape index (κ1) is 17.7. The average Bonchev–Trinajstić information content (AvgIpc) is 3.34. The topological polar surface area (TPSA) is 64.4 Å². The Labute approximate surface area is 166 Å². The van der Waals surface area contributed by atoms with Gasteiger partial charge in [0, 0.05) is 17.6 Å². The molecule has 0 aliphatic carbocycles. The number of benzene rings is 2. The van der Waals surface area contributed by atoms with Crippen LogP contribution in [0.1, 0.15) is 10.4 Å². The van der Waals surface area contributed by atoms with Crippen LogP contribution in [0.25, 0.3) is 5.57 Å². The van der Waals surface area contributed by atoms with Gasteiger partial charge >= 0.3 is 0 Å². The summed E-state index contributed by atoms with van der Waals surface area (Å²) >= 11 is 1.42. The minimum atomic E-state index is -0.385. The zero-order valence-corrected chi connectivity index (χ0v) is 15.8. The van der Waals surface area contributed by atoms with E-state index in [2.05, 4.69) is 0 Å². The Morgan fingerprint density at radius 1 is 0.929 bits per heavy atom. The summed E-state index contributed by atoms with van der Waals surface area (Å²) in [6.07, 6.45) is 0. The van der Waals surface area contributed by atoms with Crippen LogP contribution >= 0.6 is 11.3 Å². The van der Waals surface area contributed by atoms with Crippen molar-refractivity contribution in [1.29, 1.82) is 5.26 Å². The van der Waals surface area contributed by atoms with Gasteiger partial charge in [0.2, 0.25) is 0 Å². The summed E-state index contributed by atoms with van der Waals surface area (Å²) < 4.78 is 0. The van der Waals surface area contributed by atoms with E-state index in [1.54, 1.807) is 36.2 Å². The van der Waals surface area contributed by atoms with Gasteiger partial charge in [-0.05, 0) is 47.8 Å². The number of carbonyl (C=O) groups excluding carboxylic acids is 2. The van der Waals surface area contributed by atoms with Gasteiger partial charge in [0.1, 0.15) is 5.70 Å². The number of likely N-dealkylation sites (N-methyl/N-ethyl adjacent to an activating group) is 1. The van der Waals surface area contributed by atoms with E-state index in [1.807, 2.05) is 53.9 Å². The molecule has 0 spiro atoms. The van der Waals surface area contributed by atoms with E-state index in [1.165, 1.54) is 16.2 Å². The molecular weight excluding hydrogens is 370 g/mol. The van der Waals surface area contributed by atoms with Crippen LogP contribution in [0.3, 0.4) is 0 Å². The number of thiophene rings is 1. The van der Waals surface area contributed by atoms with Gasteiger partial charge in [-0.1, -0.05) is 24.3 Å². The van der Waals surface area contributed by atoms with Gasteiger partial charge in [-0.25, -0.2) is 4.90 Å². The molecule has 3 aromatic rings. The third kappa shape index (κ3) is 2.88. The predicted molar refractivity (Wildman–Crippen MR) is 110 cm³/mol. The Balaban J connectivity index is 1.83. The molecule has 136 valence electrons. The minimum absolute atomic E-state index is 0.336. The summed E-state index contributed by atoms with van der Waals surface area (Å²) in [4.78, 5) is 30.3. The van der Waals surface area contributed by atoms with E-state index >= 15 is 0 Å². The molecule has 1 aromatic heterocycles. The van der Waals surface area contributed by atoms with Gasteiger partial charge < -0.3 is 4.90 Å². The van der Waals surface area contributed by atoms with Crippen molar-refractivity contribution in [3.8, 4) is 6.07 Å². The molecule has 2 amide bonds. The van der Waals surface area contributed by atoms with Gasteiger partial charge in [-0.2, -0.15) is 5.26 Å². The Morgan fingerprint density at radius 2 is 1.64 bits per heavy atom. The Bertz CT molecular complexity index is 1110. The quantitative estimate of drug-likeness (QED) is 0.636. The summed E-state index contributed by atoms with van der Waals surface area (Å²) in [5.74, 6) is -0.751. The molecule has 0 saturated carbocycles. The second kappa shape index (κ2) is 7.14. The normalized spacial score (nSPS) is 13.8. The highest BCUT2D eigenvalue weighted by molar-refractivity contribution is 7.11. The van der Waals surface area contributed by atoms with Crippen LogP contribution in [0, 0.1) is 11.3 Å². The van der Waals surface area contributed by atoms with Crippen molar-refractivity contribution < 1.29 is 9.59 Å². The zero-order chi connectivity index (χ0) is 19.7. The number of rotatable bonds is 4. The highest BCUT2D eigenvalue weighted by atomic mass is 32.1. The maximum absolute atomic E-state index is 13.3. The molecule has 28 heavy (non-hydrogen) atoms. The molecule has 1 aliphatic heterocycles. The number of hydrogen-bond acceptors (Lipinski definition) is 5. The fraction of sp³-hybridized carbons (Fsp3) is 0.0455. The number of hydrogen-bond donors (Lipinski definition) is 0. The fourth-order valence-electron chi connectivity index (χ4n) is 3.17. The molecule has 0 radical (unpaired) electrons. The molecule has 0 bridgehead atoms. The van der Waals surface area contributed by atoms with E-state index in [0.717, 1.165) is 10.6 Å². The fourth-order valence-corrected chi connectivity index (χ4v) is 3.94. The van der Waals surface area contributed by atoms with Crippen molar-refractivity contribution in [1.82, 2.24) is 0 Å². The lowest BCUT2D eigenvalue weighted by molar-refractivity contribution is -0.120. The second-order valence-corrected chi connectivity index (χ2v) is 7.15. The molecule has 6 heteroatoms. The average molecular weight is 385 g/mol. The van der Waals surface area contributed by atoms with Crippen molar-refractivity contribution >= 4 is 40.1 Å². The lowest BCUT2D eigenvalue weighted by atomic mass is 10.1. The Kier molecular flexibility index (Phi) is 4.52. The molecule has 0 N–H and O–H groups in total. The molecule has 1 aliphatic rings. The SMILES string of the molecule is CN(C1=C(c2cccs2)C(=O)N(c2ccc(C#N)cc2)C1=O)c1ccccc1. The molecule has 2 heterocycles. The lowest BCUT2D eigenvalue weighted by Crippen LogP contribution is -2.34. The first-order chi connectivity index (χ1) is 13.6. The molecular formula is C22H15N3O2S. The van der Waals surface area contributed by atoms with Crippen LogP contribution in [0.15, 0.2) is 77.8 Å². The largest absolute Gasteiger partial charge is 0.339 e. The molecule has 0 saturated heterocycles. The molecule has 2 aromatic carbocycles. The maximum atomic E-state index is 13.3. The molecule has 0 atom stereocenters. The smallest absolute Gasteiger partial charge is 0.282 e. The highest BCUT2D eigenvalue weighted by Gasteiger charge is 2.42. The second-order valence-electron chi connectivity index (χ2n) is 6.20. The number of anilines is 2. The van der Waals surface area contributed by atoms with Crippen molar-refractivity contribution in [3.05, 3.63) is 88.2 Å². The Hall–Kier alpha value is -3.69. The highest BCUT2D eigenvalue weighted by Crippen LogP contribution is 2.37. The van der Waals surface area contributed by atoms with E-state index in [0.29, 0.717) is 22.5 Å². The number of para-hydroxylation sites is 1. The monoisotopic (exact) mass is 385 g/mol. The summed E-state index contributed by atoms with van der Waals surface area (Å²) in [7, 11) is 1.78. The van der Waals surface area contributed by atoms with Crippen LogP contribution < -0.4 is 9.80 Å². The van der Waals surface area contributed by atoms with E-state index < -0.39 is 0 Å². The van der Waals surface area contributed by atoms with E-state index in [9.17, 15) is 9.59 Å². The van der Waals surface area contributed by atoms with Crippen LogP contribution in [0.4, 0.5) is 11.4 Å². The Morgan fingerprint density at radius 3 is 2.25 bits per heavy atom. The third-order valence-corrected chi connectivity index (χ3v) is 5.45. The number of nitrogens with zero attached hydrogens (tertiary/aromatic N) is 3. The predicted octanol–water partition coefficient (Wildman–Crippen LogP) is 4.04. The number of amides is 2. The van der Waals surface area contributed by atoms with E-state index in [4.69, 9.17) is 5.26 Å². The van der Waals surface area contributed by atoms with Crippen LogP contribution in [-0.2, 0) is 9.59 Å². The molecule has 5 nitrogen and oxygen atoms in total. The van der Waals surface area contributed by atoms with Gasteiger partial charge in [0.15, 0.2) is 0 Å². The summed E-state index contributed by atoms with van der Waals surface area (Å²) in [5, 5.41) is 10.9. The first-order valence-electron chi connectivity index (χ1n) is 8.57. The number of carbonyl (C=O) groups is 2. The van der Waals surface area contributed by atoms with Gasteiger partial charge in [-0.15, -0.1) is 11.3 Å². The summed E-state index contributed by atoms with van der Waals surface area (Å²) in [5.41, 5.74) is 2.45. The zero-order valence-electron chi connectivity index (χ0n) is 15.0. The molecule has 0 unspecified atom stereocenters. The minimum Gasteiger partial charge on any atom is -0.339 e. The standard InChI is InChI=1S/C22H15N3O2S/c1-24(16-6-3-2-4-7-16)20-19(18-8-5-13-28-18)21(26)25(22(20)27)17-11-9-15(14-23)10-12-17/h2-13H,1H3. The van der Waals surface area contributed by atoms with Gasteiger partial charge in [0.05, 0.1) is 22.9 Å². The van der Waals surface area contributed by atoms with Crippen molar-refractivity contribution in [2.24, 2.45) is 0 Å². The summed E-state index contributed by atoms with van der Waals surface area (Å²) in [6.45, 7) is 0. The van der Waals surface area contributed by atoms with Crippen molar-refractivity contribution in [2.45, 2.75) is 0 Å². The van der Waals surface area contributed by atoms with Crippen LogP contribution in [-0.4, -0.2) is 18.9 Å². The van der Waals surface area contributed by atoms with E-state index in [-0.39, 0.29) is 11.8 Å². The number of nitriles is 1. The molecule has 0 fully saturated rings. The molecule has 4 rings (SSSR count). The first-order valence-corrected chi connectivity index (χ1v) is 9.45. The van der Waals surface area contributed by atoms with Crippen LogP contribution in [0.2, 0.25) is 0 Å². The maximum Gasteiger partial charge on any atom is 0.282 e. The third-order valence-electron chi connectivity index (χ3n) is 4.56. The summed E-state index contributed by atoms with van der Waals surface area (Å²) in [6, 6.07) is 21.6. The lowest BCUT2D eigenvalue weighted by Gasteiger charge is -2.21.